The molecular formula is C31H40N4O3S. The highest BCUT2D eigenvalue weighted by Crippen LogP contribution is 2.43. The van der Waals surface area contributed by atoms with Crippen molar-refractivity contribution in [2.45, 2.75) is 101 Å². The maximum absolute atomic E-state index is 13.5. The van der Waals surface area contributed by atoms with E-state index in [1.807, 2.05) is 4.90 Å². The van der Waals surface area contributed by atoms with Crippen LogP contribution in [0.15, 0.2) is 41.1 Å². The first-order valence-electron chi connectivity index (χ1n) is 15.0. The summed E-state index contributed by atoms with van der Waals surface area (Å²) in [4.78, 5) is 26.9. The minimum Gasteiger partial charge on any atom is -0.490 e. The summed E-state index contributed by atoms with van der Waals surface area (Å²) in [5.41, 5.74) is 9.59. The monoisotopic (exact) mass is 548 g/mol. The molecule has 4 heterocycles. The summed E-state index contributed by atoms with van der Waals surface area (Å²) in [5.74, 6) is 2.16. The van der Waals surface area contributed by atoms with Gasteiger partial charge in [-0.2, -0.15) is 11.3 Å². The lowest BCUT2D eigenvalue weighted by Gasteiger charge is -2.37. The van der Waals surface area contributed by atoms with Gasteiger partial charge in [0.05, 0.1) is 12.1 Å². The first-order chi connectivity index (χ1) is 19.2. The Labute approximate surface area is 235 Å². The largest absolute Gasteiger partial charge is 0.490 e. The highest BCUT2D eigenvalue weighted by molar-refractivity contribution is 7.08. The molecule has 3 N–H and O–H groups in total. The van der Waals surface area contributed by atoms with Crippen molar-refractivity contribution >= 4 is 23.7 Å². The van der Waals surface area contributed by atoms with E-state index in [1.54, 1.807) is 11.3 Å². The van der Waals surface area contributed by atoms with Crippen molar-refractivity contribution < 1.29 is 14.3 Å². The molecule has 2 aromatic rings. The Kier molecular flexibility index (Phi) is 7.11. The van der Waals surface area contributed by atoms with Crippen LogP contribution in [0.1, 0.15) is 87.4 Å². The number of hydrogen-bond acceptors (Lipinski definition) is 6. The predicted molar refractivity (Wildman–Crippen MR) is 151 cm³/mol. The molecule has 1 aromatic carbocycles. The number of carbonyl (C=O) groups is 2. The predicted octanol–water partition coefficient (Wildman–Crippen LogP) is 4.87. The minimum atomic E-state index is 0.0619. The average Bonchev–Trinajstić information content (AvgIpc) is 3.66. The third-order valence-electron chi connectivity index (χ3n) is 10.4. The number of hydrogen-bond donors (Lipinski definition) is 3. The molecule has 208 valence electrons. The fourth-order valence-corrected chi connectivity index (χ4v) is 8.67. The summed E-state index contributed by atoms with van der Waals surface area (Å²) in [6, 6.07) is 12.1. The molecule has 2 bridgehead atoms. The van der Waals surface area contributed by atoms with Crippen molar-refractivity contribution in [3.05, 3.63) is 52.2 Å². The van der Waals surface area contributed by atoms with Crippen molar-refractivity contribution in [2.75, 3.05) is 0 Å². The van der Waals surface area contributed by atoms with E-state index in [-0.39, 0.29) is 30.0 Å². The van der Waals surface area contributed by atoms with Gasteiger partial charge >= 0.3 is 0 Å². The third-order valence-corrected chi connectivity index (χ3v) is 11.1. The second-order valence-electron chi connectivity index (χ2n) is 12.5. The Balaban J connectivity index is 0.978. The van der Waals surface area contributed by atoms with Gasteiger partial charge in [0.1, 0.15) is 11.9 Å². The second kappa shape index (κ2) is 10.9. The summed E-state index contributed by atoms with van der Waals surface area (Å²) < 4.78 is 6.37. The van der Waals surface area contributed by atoms with Gasteiger partial charge in [-0.05, 0) is 96.9 Å². The zero-order valence-electron chi connectivity index (χ0n) is 22.5. The summed E-state index contributed by atoms with van der Waals surface area (Å²) in [5, 5.41) is 7.80. The molecule has 8 atom stereocenters. The number of ether oxygens (including phenoxy) is 1. The molecule has 2 amide bonds. The van der Waals surface area contributed by atoms with Crippen molar-refractivity contribution in [3.8, 4) is 5.75 Å². The zero-order chi connectivity index (χ0) is 26.3. The Morgan fingerprint density at radius 3 is 2.46 bits per heavy atom. The molecule has 2 aliphatic carbocycles. The van der Waals surface area contributed by atoms with E-state index in [0.29, 0.717) is 30.0 Å². The first-order valence-corrected chi connectivity index (χ1v) is 15.9. The molecule has 1 aromatic heterocycles. The van der Waals surface area contributed by atoms with Crippen LogP contribution in [0.5, 0.6) is 5.75 Å². The quantitative estimate of drug-likeness (QED) is 0.410. The van der Waals surface area contributed by atoms with Gasteiger partial charge in [0.25, 0.3) is 0 Å². The van der Waals surface area contributed by atoms with Crippen LogP contribution in [-0.4, -0.2) is 41.4 Å². The molecule has 3 saturated heterocycles. The average molecular weight is 549 g/mol. The molecule has 3 aliphatic heterocycles. The van der Waals surface area contributed by atoms with Gasteiger partial charge in [-0.25, -0.2) is 5.43 Å². The van der Waals surface area contributed by atoms with Gasteiger partial charge in [0.15, 0.2) is 0 Å². The summed E-state index contributed by atoms with van der Waals surface area (Å²) in [6.07, 6.45) is 11.8. The molecule has 8 heteroatoms. The maximum atomic E-state index is 13.5. The summed E-state index contributed by atoms with van der Waals surface area (Å²) in [6.45, 7) is 0. The van der Waals surface area contributed by atoms with Crippen LogP contribution >= 0.6 is 11.3 Å². The van der Waals surface area contributed by atoms with E-state index >= 15 is 0 Å². The van der Waals surface area contributed by atoms with Gasteiger partial charge in [0, 0.05) is 36.9 Å². The van der Waals surface area contributed by atoms with E-state index in [0.717, 1.165) is 57.1 Å². The highest BCUT2D eigenvalue weighted by Gasteiger charge is 2.44. The van der Waals surface area contributed by atoms with Crippen LogP contribution in [0.2, 0.25) is 0 Å². The number of rotatable bonds is 8. The Morgan fingerprint density at radius 2 is 1.79 bits per heavy atom. The smallest absolute Gasteiger partial charge is 0.223 e. The summed E-state index contributed by atoms with van der Waals surface area (Å²) in [7, 11) is 0. The molecule has 0 radical (unpaired) electrons. The van der Waals surface area contributed by atoms with E-state index in [1.165, 1.54) is 30.4 Å². The van der Waals surface area contributed by atoms with Crippen LogP contribution in [0.3, 0.4) is 0 Å². The molecule has 7 rings (SSSR count). The molecule has 5 fully saturated rings. The first kappa shape index (κ1) is 25.5. The normalized spacial score (nSPS) is 34.7. The number of fused-ring (bicyclic) bond motifs is 3. The number of benzene rings is 1. The van der Waals surface area contributed by atoms with Gasteiger partial charge in [-0.15, -0.1) is 0 Å². The zero-order valence-corrected chi connectivity index (χ0v) is 23.3. The third kappa shape index (κ3) is 5.00. The number of thiophene rings is 1. The van der Waals surface area contributed by atoms with Crippen LogP contribution in [-0.2, 0) is 9.59 Å². The fourth-order valence-electron chi connectivity index (χ4n) is 7.97. The Bertz CT molecular complexity index is 1140. The number of piperidine rings is 1. The van der Waals surface area contributed by atoms with Crippen molar-refractivity contribution in [3.63, 3.8) is 0 Å². The highest BCUT2D eigenvalue weighted by atomic mass is 32.1. The molecule has 39 heavy (non-hydrogen) atoms. The number of amides is 2. The van der Waals surface area contributed by atoms with E-state index < -0.39 is 0 Å². The van der Waals surface area contributed by atoms with Crippen LogP contribution in [0.4, 0.5) is 0 Å². The topological polar surface area (TPSA) is 82.7 Å². The molecule has 5 aliphatic rings. The Morgan fingerprint density at radius 1 is 1.00 bits per heavy atom. The Hall–Kier alpha value is -2.42. The van der Waals surface area contributed by atoms with Crippen LogP contribution < -0.4 is 20.9 Å². The van der Waals surface area contributed by atoms with E-state index in [2.05, 4.69) is 57.3 Å². The molecular weight excluding hydrogens is 508 g/mol. The lowest BCUT2D eigenvalue weighted by molar-refractivity contribution is -0.128. The second-order valence-corrected chi connectivity index (χ2v) is 13.3. The molecule has 0 spiro atoms. The number of hydrazine groups is 1. The minimum absolute atomic E-state index is 0.0619. The standard InChI is InChI=1S/C31H40N4O3S/c36-18-35-23-7-8-24(35)16-26(15-23)38-25-9-4-20(5-10-25)30-27-14-21(6-11-28(27)33-34-30)31(37)32-29(19-2-1-3-19)22-12-13-39-17-22/h4-5,9-10,12-13,17-19,21,23-24,26-30,33-34H,1-3,6-8,11,14-16H2,(H,32,37)/t21?,23-,24+,26?,27?,28?,29?,30?. The fraction of sp³-hybridized carbons (Fsp3) is 0.613. The number of carbonyl (C=O) groups excluding carboxylic acids is 2. The van der Waals surface area contributed by atoms with Crippen molar-refractivity contribution in [1.82, 2.24) is 21.1 Å². The van der Waals surface area contributed by atoms with Crippen molar-refractivity contribution in [2.24, 2.45) is 17.8 Å². The van der Waals surface area contributed by atoms with E-state index in [9.17, 15) is 9.59 Å². The van der Waals surface area contributed by atoms with Crippen LogP contribution in [0.25, 0.3) is 0 Å². The SMILES string of the molecule is O=CN1[C@@H]2CC[C@H]1CC(Oc1ccc(C3NNC4CCC(C(=O)NC(c5ccsc5)C5CCC5)CC43)cc1)C2. The number of nitrogens with zero attached hydrogens (tertiary/aromatic N) is 1. The number of nitrogens with one attached hydrogen (secondary N) is 3. The molecule has 6 unspecified atom stereocenters. The van der Waals surface area contributed by atoms with Crippen molar-refractivity contribution in [1.29, 1.82) is 0 Å². The molecule has 2 saturated carbocycles. The lowest BCUT2D eigenvalue weighted by atomic mass is 9.73. The van der Waals surface area contributed by atoms with Gasteiger partial charge < -0.3 is 15.0 Å². The van der Waals surface area contributed by atoms with Gasteiger partial charge in [-0.3, -0.25) is 15.0 Å². The van der Waals surface area contributed by atoms with E-state index in [4.69, 9.17) is 4.74 Å². The summed E-state index contributed by atoms with van der Waals surface area (Å²) >= 11 is 1.72. The van der Waals surface area contributed by atoms with Gasteiger partial charge in [-0.1, -0.05) is 18.6 Å². The lowest BCUT2D eigenvalue weighted by Crippen LogP contribution is -2.45. The molecule has 7 nitrogen and oxygen atoms in total. The van der Waals surface area contributed by atoms with Gasteiger partial charge in [0.2, 0.25) is 12.3 Å². The van der Waals surface area contributed by atoms with Crippen LogP contribution in [0, 0.1) is 17.8 Å². The maximum Gasteiger partial charge on any atom is 0.223 e.